The molecule has 0 spiro atoms. The molecule has 2 rings (SSSR count). The molecule has 0 aromatic carbocycles. The van der Waals surface area contributed by atoms with E-state index in [1.165, 1.54) is 0 Å². The maximum atomic E-state index is 11.9. The summed E-state index contributed by atoms with van der Waals surface area (Å²) in [4.78, 5) is 16.4. The van der Waals surface area contributed by atoms with E-state index < -0.39 is 0 Å². The van der Waals surface area contributed by atoms with Gasteiger partial charge >= 0.3 is 6.03 Å². The van der Waals surface area contributed by atoms with E-state index in [2.05, 4.69) is 43.3 Å². The van der Waals surface area contributed by atoms with Crippen LogP contribution in [-0.2, 0) is 17.7 Å². The van der Waals surface area contributed by atoms with Crippen LogP contribution in [0.5, 0.6) is 0 Å². The third kappa shape index (κ3) is 4.68. The van der Waals surface area contributed by atoms with E-state index in [1.807, 2.05) is 5.38 Å². The Morgan fingerprint density at radius 1 is 1.45 bits per heavy atom. The minimum Gasteiger partial charge on any atom is -0.377 e. The quantitative estimate of drug-likeness (QED) is 0.875. The lowest BCUT2D eigenvalue weighted by Gasteiger charge is -2.31. The van der Waals surface area contributed by atoms with E-state index in [4.69, 9.17) is 4.74 Å². The van der Waals surface area contributed by atoms with Gasteiger partial charge in [-0.3, -0.25) is 0 Å². The molecule has 0 aliphatic carbocycles. The molecule has 2 amide bonds. The van der Waals surface area contributed by atoms with Crippen molar-refractivity contribution in [3.63, 3.8) is 0 Å². The molecule has 124 valence electrons. The van der Waals surface area contributed by atoms with Crippen LogP contribution >= 0.6 is 11.3 Å². The maximum absolute atomic E-state index is 11.9. The Morgan fingerprint density at radius 2 is 2.23 bits per heavy atom. The molecule has 1 aliphatic heterocycles. The fourth-order valence-corrected chi connectivity index (χ4v) is 3.59. The summed E-state index contributed by atoms with van der Waals surface area (Å²) >= 11 is 1.64. The van der Waals surface area contributed by atoms with Gasteiger partial charge in [-0.25, -0.2) is 9.78 Å². The van der Waals surface area contributed by atoms with Crippen LogP contribution in [0.15, 0.2) is 5.38 Å². The largest absolute Gasteiger partial charge is 0.377 e. The lowest BCUT2D eigenvalue weighted by molar-refractivity contribution is 0.00775. The van der Waals surface area contributed by atoms with Crippen molar-refractivity contribution in [2.75, 3.05) is 13.2 Å². The van der Waals surface area contributed by atoms with Gasteiger partial charge in [0.15, 0.2) is 0 Å². The van der Waals surface area contributed by atoms with Crippen molar-refractivity contribution in [1.29, 1.82) is 0 Å². The molecule has 1 aromatic rings. The molecule has 1 saturated heterocycles. The minimum atomic E-state index is -0.134. The van der Waals surface area contributed by atoms with Gasteiger partial charge in [-0.05, 0) is 18.3 Å². The van der Waals surface area contributed by atoms with Gasteiger partial charge in [0.05, 0.1) is 23.4 Å². The minimum absolute atomic E-state index is 0.108. The monoisotopic (exact) mass is 325 g/mol. The Morgan fingerprint density at radius 3 is 2.86 bits per heavy atom. The zero-order valence-electron chi connectivity index (χ0n) is 13.9. The number of ether oxygens (including phenoxy) is 1. The number of aromatic nitrogens is 1. The second-order valence-corrected chi connectivity index (χ2v) is 7.80. The topological polar surface area (TPSA) is 63.2 Å². The Bertz CT molecular complexity index is 496. The fraction of sp³-hybridized carbons (Fsp3) is 0.750. The van der Waals surface area contributed by atoms with Gasteiger partial charge in [-0.15, -0.1) is 11.3 Å². The van der Waals surface area contributed by atoms with Gasteiger partial charge in [-0.1, -0.05) is 27.7 Å². The third-order valence-corrected chi connectivity index (χ3v) is 4.97. The van der Waals surface area contributed by atoms with Gasteiger partial charge in [-0.2, -0.15) is 0 Å². The molecular formula is C16H27N3O2S. The molecule has 1 aliphatic rings. The van der Waals surface area contributed by atoms with Gasteiger partial charge in [0.2, 0.25) is 0 Å². The third-order valence-electron chi connectivity index (χ3n) is 3.92. The highest BCUT2D eigenvalue weighted by molar-refractivity contribution is 7.09. The molecular weight excluding hydrogens is 298 g/mol. The van der Waals surface area contributed by atoms with Crippen LogP contribution < -0.4 is 10.6 Å². The number of nitrogens with zero attached hydrogens (tertiary/aromatic N) is 1. The molecule has 1 fully saturated rings. The molecule has 22 heavy (non-hydrogen) atoms. The zero-order valence-corrected chi connectivity index (χ0v) is 14.8. The second-order valence-electron chi connectivity index (χ2n) is 6.86. The Kier molecular flexibility index (Phi) is 5.81. The summed E-state index contributed by atoms with van der Waals surface area (Å²) < 4.78 is 5.83. The van der Waals surface area contributed by atoms with Gasteiger partial charge in [0.1, 0.15) is 0 Å². The lowest BCUT2D eigenvalue weighted by Crippen LogP contribution is -2.42. The SMILES string of the molecule is CCc1nc(CNC(=O)NC[C@H]2CCO[C@@H]2C(C)(C)C)cs1. The zero-order chi connectivity index (χ0) is 16.2. The van der Waals surface area contributed by atoms with E-state index in [1.54, 1.807) is 11.3 Å². The van der Waals surface area contributed by atoms with Crippen LogP contribution in [0.2, 0.25) is 0 Å². The smallest absolute Gasteiger partial charge is 0.315 e. The van der Waals surface area contributed by atoms with E-state index in [0.717, 1.165) is 30.2 Å². The molecule has 0 bridgehead atoms. The number of rotatable bonds is 5. The first-order chi connectivity index (χ1) is 10.4. The van der Waals surface area contributed by atoms with Gasteiger partial charge in [0, 0.05) is 24.4 Å². The fourth-order valence-electron chi connectivity index (χ4n) is 2.85. The molecule has 0 unspecified atom stereocenters. The van der Waals surface area contributed by atoms with Crippen molar-refractivity contribution in [2.24, 2.45) is 11.3 Å². The standard InChI is InChI=1S/C16H27N3O2S/c1-5-13-19-12(10-22-13)9-18-15(20)17-8-11-6-7-21-14(11)16(2,3)4/h10-11,14H,5-9H2,1-4H3,(H2,17,18,20)/t11-,14+/m1/s1. The average molecular weight is 325 g/mol. The summed E-state index contributed by atoms with van der Waals surface area (Å²) in [5.74, 6) is 0.386. The van der Waals surface area contributed by atoms with Crippen molar-refractivity contribution in [2.45, 2.75) is 53.2 Å². The summed E-state index contributed by atoms with van der Waals surface area (Å²) in [7, 11) is 0. The van der Waals surface area contributed by atoms with Crippen molar-refractivity contribution in [3.8, 4) is 0 Å². The van der Waals surface area contributed by atoms with E-state index in [-0.39, 0.29) is 17.6 Å². The predicted molar refractivity (Wildman–Crippen MR) is 89.0 cm³/mol. The predicted octanol–water partition coefficient (Wildman–Crippen LogP) is 2.96. The van der Waals surface area contributed by atoms with Crippen LogP contribution in [0.25, 0.3) is 0 Å². The highest BCUT2D eigenvalue weighted by Crippen LogP contribution is 2.34. The van der Waals surface area contributed by atoms with Crippen LogP contribution in [0, 0.1) is 11.3 Å². The normalized spacial score (nSPS) is 21.8. The second kappa shape index (κ2) is 7.42. The molecule has 5 nitrogen and oxygen atoms in total. The molecule has 0 saturated carbocycles. The van der Waals surface area contributed by atoms with E-state index >= 15 is 0 Å². The number of amides is 2. The van der Waals surface area contributed by atoms with Crippen LogP contribution in [0.4, 0.5) is 4.79 Å². The summed E-state index contributed by atoms with van der Waals surface area (Å²) in [6.45, 7) is 10.6. The first-order valence-corrected chi connectivity index (χ1v) is 8.84. The number of carbonyl (C=O) groups excluding carboxylic acids is 1. The van der Waals surface area contributed by atoms with Crippen molar-refractivity contribution < 1.29 is 9.53 Å². The van der Waals surface area contributed by atoms with Crippen LogP contribution in [0.1, 0.15) is 44.8 Å². The maximum Gasteiger partial charge on any atom is 0.315 e. The molecule has 0 radical (unpaired) electrons. The van der Waals surface area contributed by atoms with Crippen molar-refractivity contribution >= 4 is 17.4 Å². The highest BCUT2D eigenvalue weighted by atomic mass is 32.1. The number of aryl methyl sites for hydroxylation is 1. The van der Waals surface area contributed by atoms with Crippen LogP contribution in [-0.4, -0.2) is 30.3 Å². The number of carbonyl (C=O) groups is 1. The number of nitrogens with one attached hydrogen (secondary N) is 2. The summed E-state index contributed by atoms with van der Waals surface area (Å²) in [5.41, 5.74) is 1.03. The highest BCUT2D eigenvalue weighted by Gasteiger charge is 2.37. The Balaban J connectivity index is 1.73. The summed E-state index contributed by atoms with van der Waals surface area (Å²) in [6, 6.07) is -0.134. The molecule has 6 heteroatoms. The van der Waals surface area contributed by atoms with E-state index in [9.17, 15) is 4.79 Å². The molecule has 2 atom stereocenters. The average Bonchev–Trinajstić information content (AvgIpc) is 3.10. The first kappa shape index (κ1) is 17.2. The Labute approximate surface area is 136 Å². The number of thiazole rings is 1. The number of urea groups is 1. The number of hydrogen-bond acceptors (Lipinski definition) is 4. The lowest BCUT2D eigenvalue weighted by atomic mass is 9.81. The molecule has 2 N–H and O–H groups in total. The van der Waals surface area contributed by atoms with E-state index in [0.29, 0.717) is 19.0 Å². The van der Waals surface area contributed by atoms with Crippen molar-refractivity contribution in [1.82, 2.24) is 15.6 Å². The van der Waals surface area contributed by atoms with Crippen molar-refractivity contribution in [3.05, 3.63) is 16.1 Å². The molecule has 1 aromatic heterocycles. The van der Waals surface area contributed by atoms with Crippen LogP contribution in [0.3, 0.4) is 0 Å². The number of hydrogen-bond donors (Lipinski definition) is 2. The summed E-state index contributed by atoms with van der Waals surface area (Å²) in [6.07, 6.45) is 2.15. The van der Waals surface area contributed by atoms with Gasteiger partial charge in [0.25, 0.3) is 0 Å². The first-order valence-electron chi connectivity index (χ1n) is 7.96. The Hall–Kier alpha value is -1.14. The molecule has 2 heterocycles. The van der Waals surface area contributed by atoms with Gasteiger partial charge < -0.3 is 15.4 Å². The summed E-state index contributed by atoms with van der Waals surface area (Å²) in [5, 5.41) is 8.93.